The average Bonchev–Trinajstić information content (AvgIpc) is 2.63. The predicted octanol–water partition coefficient (Wildman–Crippen LogP) is 11.1. The second-order valence-corrected chi connectivity index (χ2v) is 0. The smallest absolute Gasteiger partial charge is 0.0683 e. The van der Waals surface area contributed by atoms with Crippen LogP contribution in [0.2, 0.25) is 0 Å². The van der Waals surface area contributed by atoms with Gasteiger partial charge in [-0.15, -0.1) is 0 Å². The van der Waals surface area contributed by atoms with Crippen molar-refractivity contribution < 1.29 is 0 Å². The molecule has 0 N–H and O–H groups in total. The molecule has 0 nitrogen and oxygen atoms in total. The van der Waals surface area contributed by atoms with Gasteiger partial charge in [-0.3, -0.25) is 0 Å². The lowest BCUT2D eigenvalue weighted by molar-refractivity contribution is 1.50. The Hall–Kier alpha value is 0. The molecule has 21 heavy (non-hydrogen) atoms. The van der Waals surface area contributed by atoms with E-state index >= 15 is 0 Å². The van der Waals surface area contributed by atoms with Crippen molar-refractivity contribution in [3.8, 4) is 0 Å². The minimum atomic E-state index is 0. The highest BCUT2D eigenvalue weighted by atomic mass is 13.0. The zero-order valence-corrected chi connectivity index (χ0v) is 18.0. The van der Waals surface area contributed by atoms with Crippen LogP contribution < -0.4 is 0 Å². The molecule has 0 aromatic heterocycles. The van der Waals surface area contributed by atoms with E-state index in [9.17, 15) is 0 Å². The standard InChI is InChI=1S/9C2H6.3CH4/c9*1-2;;;/h9*1-2H3;3*1H4. The second-order valence-electron chi connectivity index (χ2n) is 0. The summed E-state index contributed by atoms with van der Waals surface area (Å²) in [5, 5.41) is 0. The van der Waals surface area contributed by atoms with Crippen molar-refractivity contribution in [3.63, 3.8) is 0 Å². The third kappa shape index (κ3) is 0. The van der Waals surface area contributed by atoms with E-state index in [0.717, 1.165) is 0 Å². The van der Waals surface area contributed by atoms with E-state index in [0.29, 0.717) is 0 Å². The second kappa shape index (κ2) is 0. The van der Waals surface area contributed by atoms with Crippen LogP contribution in [0.1, 0.15) is 147 Å². The SMILES string of the molecule is C.C.C.CC.CC.CC.CC.CC.CC.CC.CC.CC. The first-order valence-corrected chi connectivity index (χ1v) is 9.00. The maximum absolute atomic E-state index is 2.00. The first kappa shape index (κ1) is 104. The first-order valence-electron chi connectivity index (χ1n) is 9.00. The molecular formula is C21H66. The minimum Gasteiger partial charge on any atom is -0.0776 e. The van der Waals surface area contributed by atoms with Crippen LogP contribution in [0.4, 0.5) is 0 Å². The molecular weight excluding hydrogens is 252 g/mol. The monoisotopic (exact) mass is 319 g/mol. The summed E-state index contributed by atoms with van der Waals surface area (Å²) in [5.41, 5.74) is 0. The normalized spacial score (nSPS) is 2.57. The van der Waals surface area contributed by atoms with E-state index in [2.05, 4.69) is 0 Å². The summed E-state index contributed by atoms with van der Waals surface area (Å²) in [4.78, 5) is 0. The van der Waals surface area contributed by atoms with Gasteiger partial charge in [-0.1, -0.05) is 147 Å². The maximum atomic E-state index is 2.00. The molecule has 0 saturated heterocycles. The fraction of sp³-hybridized carbons (Fsp3) is 1.00. The molecule has 0 rings (SSSR count). The van der Waals surface area contributed by atoms with E-state index in [4.69, 9.17) is 0 Å². The Morgan fingerprint density at radius 1 is 0.143 bits per heavy atom. The Morgan fingerprint density at radius 2 is 0.143 bits per heavy atom. The summed E-state index contributed by atoms with van der Waals surface area (Å²) in [5.74, 6) is 0. The Labute approximate surface area is 147 Å². The van der Waals surface area contributed by atoms with Crippen LogP contribution >= 0.6 is 0 Å². The third-order valence-corrected chi connectivity index (χ3v) is 0. The van der Waals surface area contributed by atoms with E-state index in [1.165, 1.54) is 0 Å². The molecule has 0 aliphatic heterocycles. The zero-order chi connectivity index (χ0) is 18.0. The van der Waals surface area contributed by atoms with Crippen LogP contribution in [-0.4, -0.2) is 0 Å². The van der Waals surface area contributed by atoms with Crippen molar-refractivity contribution in [1.29, 1.82) is 0 Å². The van der Waals surface area contributed by atoms with Crippen LogP contribution in [0.25, 0.3) is 0 Å². The van der Waals surface area contributed by atoms with Gasteiger partial charge in [-0.25, -0.2) is 0 Å². The molecule has 0 heterocycles. The summed E-state index contributed by atoms with van der Waals surface area (Å²) in [7, 11) is 0. The summed E-state index contributed by atoms with van der Waals surface area (Å²) in [6.07, 6.45) is 0. The summed E-state index contributed by atoms with van der Waals surface area (Å²) in [6, 6.07) is 0. The molecule has 0 aliphatic carbocycles. The van der Waals surface area contributed by atoms with E-state index in [-0.39, 0.29) is 22.3 Å². The lowest BCUT2D eigenvalue weighted by Gasteiger charge is -1.07. The molecule has 0 aromatic carbocycles. The third-order valence-electron chi connectivity index (χ3n) is 0. The van der Waals surface area contributed by atoms with Crippen LogP contribution in [0.5, 0.6) is 0 Å². The fourth-order valence-electron chi connectivity index (χ4n) is 0. The van der Waals surface area contributed by atoms with Gasteiger partial charge >= 0.3 is 0 Å². The molecule has 0 bridgehead atoms. The summed E-state index contributed by atoms with van der Waals surface area (Å²) in [6.45, 7) is 36.0. The van der Waals surface area contributed by atoms with E-state index in [1.807, 2.05) is 125 Å². The highest BCUT2D eigenvalue weighted by molar-refractivity contribution is 3.52. The molecule has 150 valence electrons. The van der Waals surface area contributed by atoms with Crippen molar-refractivity contribution in [3.05, 3.63) is 0 Å². The van der Waals surface area contributed by atoms with Gasteiger partial charge in [0.15, 0.2) is 0 Å². The molecule has 0 radical (unpaired) electrons. The number of hydrogen-bond acceptors (Lipinski definition) is 0. The minimum absolute atomic E-state index is 0. The average molecular weight is 319 g/mol. The van der Waals surface area contributed by atoms with E-state index in [1.54, 1.807) is 0 Å². The fourth-order valence-corrected chi connectivity index (χ4v) is 0. The molecule has 0 atom stereocenters. The summed E-state index contributed by atoms with van der Waals surface area (Å²) < 4.78 is 0. The van der Waals surface area contributed by atoms with Crippen molar-refractivity contribution in [1.82, 2.24) is 0 Å². The Bertz CT molecular complexity index is 0. The molecule has 0 heteroatoms. The summed E-state index contributed by atoms with van der Waals surface area (Å²) >= 11 is 0. The highest BCUT2D eigenvalue weighted by Gasteiger charge is 0.948. The van der Waals surface area contributed by atoms with Gasteiger partial charge < -0.3 is 0 Å². The Balaban J connectivity index is -0.00000000426. The number of hydrogen-bond donors (Lipinski definition) is 0. The lowest BCUT2D eigenvalue weighted by atomic mass is 11.0. The quantitative estimate of drug-likeness (QED) is 0.416. The lowest BCUT2D eigenvalue weighted by Crippen LogP contribution is -0.856. The van der Waals surface area contributed by atoms with Crippen LogP contribution in [-0.2, 0) is 0 Å². The van der Waals surface area contributed by atoms with Crippen molar-refractivity contribution >= 4 is 0 Å². The van der Waals surface area contributed by atoms with Crippen molar-refractivity contribution in [2.45, 2.75) is 147 Å². The molecule has 0 unspecified atom stereocenters. The van der Waals surface area contributed by atoms with Crippen LogP contribution in [0.15, 0.2) is 0 Å². The Kier molecular flexibility index (Phi) is 0. The highest BCUT2D eigenvalue weighted by Crippen LogP contribution is 1.16. The van der Waals surface area contributed by atoms with Gasteiger partial charge in [0.25, 0.3) is 0 Å². The van der Waals surface area contributed by atoms with Gasteiger partial charge in [-0.2, -0.15) is 0 Å². The maximum Gasteiger partial charge on any atom is -0.0683 e. The molecule has 0 aliphatic rings. The number of rotatable bonds is 0. The van der Waals surface area contributed by atoms with Crippen molar-refractivity contribution in [2.24, 2.45) is 0 Å². The zero-order valence-electron chi connectivity index (χ0n) is 18.0. The topological polar surface area (TPSA) is 0 Å². The van der Waals surface area contributed by atoms with Gasteiger partial charge in [0.1, 0.15) is 0 Å². The molecule has 0 amide bonds. The van der Waals surface area contributed by atoms with Crippen LogP contribution in [0, 0.1) is 0 Å². The van der Waals surface area contributed by atoms with Gasteiger partial charge in [0.05, 0.1) is 0 Å². The predicted molar refractivity (Wildman–Crippen MR) is 122 cm³/mol. The van der Waals surface area contributed by atoms with Gasteiger partial charge in [-0.05, 0) is 0 Å². The molecule has 0 fully saturated rings. The van der Waals surface area contributed by atoms with Gasteiger partial charge in [0, 0.05) is 0 Å². The largest absolute Gasteiger partial charge is 0.0776 e. The molecule has 0 spiro atoms. The van der Waals surface area contributed by atoms with Crippen molar-refractivity contribution in [2.75, 3.05) is 0 Å². The molecule has 0 aromatic rings. The van der Waals surface area contributed by atoms with Gasteiger partial charge in [0.2, 0.25) is 0 Å². The first-order chi connectivity index (χ1) is 9.00. The van der Waals surface area contributed by atoms with Crippen LogP contribution in [0.3, 0.4) is 0 Å². The van der Waals surface area contributed by atoms with E-state index < -0.39 is 0 Å². The Morgan fingerprint density at radius 3 is 0.143 bits per heavy atom. The molecule has 0 saturated carbocycles.